The quantitative estimate of drug-likeness (QED) is 0.669. The lowest BCUT2D eigenvalue weighted by Crippen LogP contribution is -2.46. The Morgan fingerprint density at radius 1 is 1.25 bits per heavy atom. The topological polar surface area (TPSA) is 66.7 Å². The Morgan fingerprint density at radius 3 is 2.93 bits per heavy atom. The van der Waals surface area contributed by atoms with Gasteiger partial charge in [0.15, 0.2) is 4.96 Å². The maximum Gasteiger partial charge on any atom is 0.258 e. The number of hydrogen-bond donors (Lipinski definition) is 1. The van der Waals surface area contributed by atoms with E-state index in [-0.39, 0.29) is 17.5 Å². The van der Waals surface area contributed by atoms with E-state index < -0.39 is 0 Å². The summed E-state index contributed by atoms with van der Waals surface area (Å²) in [6.07, 6.45) is 4.47. The fraction of sp³-hybridized carbons (Fsp3) is 0.316. The molecule has 1 aromatic carbocycles. The van der Waals surface area contributed by atoms with Gasteiger partial charge in [-0.05, 0) is 37.6 Å². The van der Waals surface area contributed by atoms with Crippen LogP contribution in [0.4, 0.5) is 5.69 Å². The van der Waals surface area contributed by atoms with Gasteiger partial charge in [-0.15, -0.1) is 11.3 Å². The van der Waals surface area contributed by atoms with Crippen LogP contribution in [0.3, 0.4) is 0 Å². The second kappa shape index (κ2) is 8.21. The zero-order chi connectivity index (χ0) is 19.7. The smallest absolute Gasteiger partial charge is 0.258 e. The van der Waals surface area contributed by atoms with Gasteiger partial charge in [-0.2, -0.15) is 0 Å². The number of aromatic nitrogens is 2. The van der Waals surface area contributed by atoms with E-state index in [1.54, 1.807) is 30.5 Å². The Morgan fingerprint density at radius 2 is 2.11 bits per heavy atom. The fourth-order valence-electron chi connectivity index (χ4n) is 3.45. The van der Waals surface area contributed by atoms with Gasteiger partial charge in [0.25, 0.3) is 5.56 Å². The van der Waals surface area contributed by atoms with Crippen molar-refractivity contribution in [2.75, 3.05) is 11.9 Å². The first-order chi connectivity index (χ1) is 13.5. The summed E-state index contributed by atoms with van der Waals surface area (Å²) in [4.78, 5) is 32.4. The highest BCUT2D eigenvalue weighted by molar-refractivity contribution is 7.15. The van der Waals surface area contributed by atoms with Crippen LogP contribution in [-0.4, -0.2) is 32.8 Å². The van der Waals surface area contributed by atoms with Crippen LogP contribution in [0, 0.1) is 0 Å². The predicted octanol–water partition coefficient (Wildman–Crippen LogP) is 4.06. The summed E-state index contributed by atoms with van der Waals surface area (Å²) >= 11 is 13.4. The molecule has 0 bridgehead atoms. The number of thiazole rings is 1. The highest BCUT2D eigenvalue weighted by atomic mass is 35.5. The number of carbonyl (C=O) groups excluding carboxylic acids is 1. The number of amides is 1. The third kappa shape index (κ3) is 4.07. The maximum atomic E-state index is 12.9. The second-order valence-electron chi connectivity index (χ2n) is 6.74. The van der Waals surface area contributed by atoms with E-state index in [0.29, 0.717) is 32.9 Å². The average molecular weight is 437 g/mol. The molecule has 1 aliphatic rings. The summed E-state index contributed by atoms with van der Waals surface area (Å²) in [6.45, 7) is 1.24. The lowest BCUT2D eigenvalue weighted by Gasteiger charge is -2.34. The minimum Gasteiger partial charge on any atom is -0.325 e. The summed E-state index contributed by atoms with van der Waals surface area (Å²) in [5, 5.41) is 5.60. The number of carbonyl (C=O) groups is 1. The minimum absolute atomic E-state index is 0.0907. The van der Waals surface area contributed by atoms with Gasteiger partial charge in [0, 0.05) is 29.9 Å². The van der Waals surface area contributed by atoms with Crippen LogP contribution in [0.25, 0.3) is 4.96 Å². The zero-order valence-electron chi connectivity index (χ0n) is 14.9. The number of likely N-dealkylation sites (tertiary alicyclic amines) is 1. The molecule has 3 aromatic rings. The standard InChI is InChI=1S/C19H18Cl2N4O2S/c20-14-5-4-12(9-15(14)21)22-18(27)16-3-1-2-6-24(16)11-13-10-17(26)25-7-8-28-19(25)23-13/h4-5,7-10,16H,1-3,6,11H2,(H,22,27)/t16-/m0/s1. The van der Waals surface area contributed by atoms with Crippen molar-refractivity contribution in [2.45, 2.75) is 31.8 Å². The van der Waals surface area contributed by atoms with Crippen molar-refractivity contribution in [3.8, 4) is 0 Å². The normalized spacial score (nSPS) is 17.7. The number of nitrogens with one attached hydrogen (secondary N) is 1. The van der Waals surface area contributed by atoms with Gasteiger partial charge in [0.2, 0.25) is 5.91 Å². The van der Waals surface area contributed by atoms with Crippen LogP contribution in [-0.2, 0) is 11.3 Å². The molecule has 6 nitrogen and oxygen atoms in total. The van der Waals surface area contributed by atoms with Crippen molar-refractivity contribution < 1.29 is 4.79 Å². The van der Waals surface area contributed by atoms with Crippen LogP contribution in [0.1, 0.15) is 25.0 Å². The van der Waals surface area contributed by atoms with Gasteiger partial charge in [-0.3, -0.25) is 18.9 Å². The predicted molar refractivity (Wildman–Crippen MR) is 112 cm³/mol. The number of piperidine rings is 1. The first kappa shape index (κ1) is 19.4. The molecule has 4 rings (SSSR count). The second-order valence-corrected chi connectivity index (χ2v) is 8.43. The molecule has 28 heavy (non-hydrogen) atoms. The molecule has 1 saturated heterocycles. The van der Waals surface area contributed by atoms with Gasteiger partial charge >= 0.3 is 0 Å². The molecular weight excluding hydrogens is 419 g/mol. The van der Waals surface area contributed by atoms with Crippen molar-refractivity contribution in [3.63, 3.8) is 0 Å². The zero-order valence-corrected chi connectivity index (χ0v) is 17.2. The van der Waals surface area contributed by atoms with E-state index >= 15 is 0 Å². The summed E-state index contributed by atoms with van der Waals surface area (Å²) in [6, 6.07) is 6.29. The summed E-state index contributed by atoms with van der Waals surface area (Å²) < 4.78 is 1.53. The lowest BCUT2D eigenvalue weighted by molar-refractivity contribution is -0.122. The molecular formula is C19H18Cl2N4O2S. The van der Waals surface area contributed by atoms with Gasteiger partial charge < -0.3 is 5.32 Å². The summed E-state index contributed by atoms with van der Waals surface area (Å²) in [7, 11) is 0. The van der Waals surface area contributed by atoms with Crippen molar-refractivity contribution in [2.24, 2.45) is 0 Å². The molecule has 1 fully saturated rings. The fourth-order valence-corrected chi connectivity index (χ4v) is 4.49. The van der Waals surface area contributed by atoms with Crippen molar-refractivity contribution in [1.82, 2.24) is 14.3 Å². The summed E-state index contributed by atoms with van der Waals surface area (Å²) in [5.74, 6) is -0.0907. The molecule has 146 valence electrons. The number of rotatable bonds is 4. The Bertz CT molecular complexity index is 1080. The Balaban J connectivity index is 1.52. The SMILES string of the molecule is O=C(Nc1ccc(Cl)c(Cl)c1)[C@@H]1CCCCN1Cc1cc(=O)n2ccsc2n1. The molecule has 1 N–H and O–H groups in total. The molecule has 1 atom stereocenters. The first-order valence-corrected chi connectivity index (χ1v) is 10.6. The van der Waals surface area contributed by atoms with E-state index in [1.165, 1.54) is 15.7 Å². The van der Waals surface area contributed by atoms with E-state index in [2.05, 4.69) is 15.2 Å². The third-order valence-corrected chi connectivity index (χ3v) is 6.32. The van der Waals surface area contributed by atoms with Crippen LogP contribution < -0.4 is 10.9 Å². The van der Waals surface area contributed by atoms with Crippen molar-refractivity contribution >= 4 is 51.1 Å². The van der Waals surface area contributed by atoms with Crippen LogP contribution in [0.5, 0.6) is 0 Å². The van der Waals surface area contributed by atoms with Crippen LogP contribution in [0.2, 0.25) is 10.0 Å². The van der Waals surface area contributed by atoms with E-state index in [1.807, 2.05) is 5.38 Å². The Labute approximate surface area is 175 Å². The molecule has 1 amide bonds. The Kier molecular flexibility index (Phi) is 5.68. The largest absolute Gasteiger partial charge is 0.325 e. The van der Waals surface area contributed by atoms with E-state index in [9.17, 15) is 9.59 Å². The molecule has 2 aromatic heterocycles. The Hall–Kier alpha value is -1.93. The van der Waals surface area contributed by atoms with Crippen LogP contribution >= 0.6 is 34.5 Å². The molecule has 0 aliphatic carbocycles. The number of fused-ring (bicyclic) bond motifs is 1. The summed E-state index contributed by atoms with van der Waals surface area (Å²) in [5.41, 5.74) is 1.19. The van der Waals surface area contributed by atoms with Gasteiger partial charge in [-0.1, -0.05) is 29.6 Å². The molecule has 0 saturated carbocycles. The molecule has 1 aliphatic heterocycles. The van der Waals surface area contributed by atoms with E-state index in [4.69, 9.17) is 23.2 Å². The lowest BCUT2D eigenvalue weighted by atomic mass is 10.0. The van der Waals surface area contributed by atoms with Crippen LogP contribution in [0.15, 0.2) is 40.6 Å². The van der Waals surface area contributed by atoms with Gasteiger partial charge in [-0.25, -0.2) is 4.98 Å². The molecule has 3 heterocycles. The average Bonchev–Trinajstić information content (AvgIpc) is 3.14. The number of nitrogens with zero attached hydrogens (tertiary/aromatic N) is 3. The minimum atomic E-state index is -0.285. The molecule has 0 spiro atoms. The van der Waals surface area contributed by atoms with Gasteiger partial charge in [0.1, 0.15) is 0 Å². The number of anilines is 1. The highest BCUT2D eigenvalue weighted by Crippen LogP contribution is 2.26. The number of halogens is 2. The van der Waals surface area contributed by atoms with Crippen molar-refractivity contribution in [1.29, 1.82) is 0 Å². The third-order valence-electron chi connectivity index (χ3n) is 4.82. The first-order valence-electron chi connectivity index (χ1n) is 8.97. The molecule has 0 radical (unpaired) electrons. The van der Waals surface area contributed by atoms with Crippen molar-refractivity contribution in [3.05, 3.63) is 61.9 Å². The monoisotopic (exact) mass is 436 g/mol. The number of benzene rings is 1. The van der Waals surface area contributed by atoms with E-state index in [0.717, 1.165) is 25.8 Å². The molecule has 9 heteroatoms. The highest BCUT2D eigenvalue weighted by Gasteiger charge is 2.29. The molecule has 0 unspecified atom stereocenters. The maximum absolute atomic E-state index is 12.9. The number of hydrogen-bond acceptors (Lipinski definition) is 5. The van der Waals surface area contributed by atoms with Gasteiger partial charge in [0.05, 0.1) is 21.8 Å².